The predicted octanol–water partition coefficient (Wildman–Crippen LogP) is 4.77. The van der Waals surface area contributed by atoms with Crippen LogP contribution in [0.1, 0.15) is 18.4 Å². The van der Waals surface area contributed by atoms with Gasteiger partial charge in [-0.1, -0.05) is 29.3 Å². The maximum atomic E-state index is 12.7. The number of hydrogen-bond acceptors (Lipinski definition) is 5. The smallest absolute Gasteiger partial charge is 0.235 e. The molecule has 4 rings (SSSR count). The first kappa shape index (κ1) is 18.2. The average molecular weight is 406 g/mol. The van der Waals surface area contributed by atoms with Gasteiger partial charge in [-0.25, -0.2) is 0 Å². The molecule has 2 aromatic carbocycles. The van der Waals surface area contributed by atoms with E-state index in [-0.39, 0.29) is 32.5 Å². The number of fused-ring (bicyclic) bond motifs is 1. The first-order valence-corrected chi connectivity index (χ1v) is 9.40. The van der Waals surface area contributed by atoms with E-state index in [2.05, 4.69) is 4.90 Å². The fraction of sp³-hybridized carbons (Fsp3) is 0.250. The van der Waals surface area contributed by atoms with Gasteiger partial charge in [0.15, 0.2) is 5.76 Å². The van der Waals surface area contributed by atoms with Gasteiger partial charge in [0.05, 0.1) is 21.0 Å². The molecular weight excluding hydrogens is 389 g/mol. The third-order valence-electron chi connectivity index (χ3n) is 4.89. The van der Waals surface area contributed by atoms with E-state index in [9.17, 15) is 15.0 Å². The fourth-order valence-electron chi connectivity index (χ4n) is 3.47. The second kappa shape index (κ2) is 7.08. The minimum Gasteiger partial charge on any atom is -0.507 e. The highest BCUT2D eigenvalue weighted by molar-refractivity contribution is 6.43. The van der Waals surface area contributed by atoms with E-state index < -0.39 is 11.2 Å². The van der Waals surface area contributed by atoms with Gasteiger partial charge in [0, 0.05) is 12.1 Å². The first-order chi connectivity index (χ1) is 13.0. The first-order valence-electron chi connectivity index (χ1n) is 8.64. The molecule has 2 N–H and O–H groups in total. The van der Waals surface area contributed by atoms with Crippen molar-refractivity contribution in [3.63, 3.8) is 0 Å². The summed E-state index contributed by atoms with van der Waals surface area (Å²) in [4.78, 5) is 14.9. The van der Waals surface area contributed by atoms with Crippen molar-refractivity contribution in [2.45, 2.75) is 19.4 Å². The van der Waals surface area contributed by atoms with E-state index in [4.69, 9.17) is 27.6 Å². The highest BCUT2D eigenvalue weighted by atomic mass is 35.5. The second-order valence-corrected chi connectivity index (χ2v) is 7.42. The summed E-state index contributed by atoms with van der Waals surface area (Å²) in [6.45, 7) is 2.30. The molecule has 0 amide bonds. The molecule has 1 saturated heterocycles. The lowest BCUT2D eigenvalue weighted by atomic mass is 10.1. The summed E-state index contributed by atoms with van der Waals surface area (Å²) in [5.41, 5.74) is 0.503. The van der Waals surface area contributed by atoms with Gasteiger partial charge in [-0.3, -0.25) is 9.69 Å². The van der Waals surface area contributed by atoms with Crippen molar-refractivity contribution in [1.82, 2.24) is 4.90 Å². The molecule has 0 atom stereocenters. The molecule has 140 valence electrons. The molecule has 0 radical (unpaired) electrons. The number of nitrogens with zero attached hydrogens (tertiary/aromatic N) is 1. The molecule has 0 bridgehead atoms. The van der Waals surface area contributed by atoms with Crippen LogP contribution in [0.4, 0.5) is 0 Å². The number of benzene rings is 2. The summed E-state index contributed by atoms with van der Waals surface area (Å²) >= 11 is 12.3. The van der Waals surface area contributed by atoms with Crippen LogP contribution >= 0.6 is 23.2 Å². The molecule has 7 heteroatoms. The minimum absolute atomic E-state index is 0.0476. The topological polar surface area (TPSA) is 73.9 Å². The Bertz CT molecular complexity index is 1090. The highest BCUT2D eigenvalue weighted by Gasteiger charge is 2.23. The summed E-state index contributed by atoms with van der Waals surface area (Å²) < 4.78 is 5.94. The number of aromatic hydroxyl groups is 2. The predicted molar refractivity (Wildman–Crippen MR) is 106 cm³/mol. The zero-order valence-electron chi connectivity index (χ0n) is 14.3. The summed E-state index contributed by atoms with van der Waals surface area (Å²) in [5.74, 6) is -0.552. The molecule has 0 unspecified atom stereocenters. The zero-order valence-corrected chi connectivity index (χ0v) is 15.8. The molecule has 1 aromatic heterocycles. The Balaban J connectivity index is 1.97. The molecule has 0 spiro atoms. The van der Waals surface area contributed by atoms with E-state index in [1.165, 1.54) is 12.1 Å². The average Bonchev–Trinajstić information content (AvgIpc) is 3.16. The summed E-state index contributed by atoms with van der Waals surface area (Å²) in [5, 5.41) is 21.5. The van der Waals surface area contributed by atoms with E-state index in [0.29, 0.717) is 17.7 Å². The molecule has 27 heavy (non-hydrogen) atoms. The molecule has 5 nitrogen and oxygen atoms in total. The van der Waals surface area contributed by atoms with Crippen molar-refractivity contribution in [3.05, 3.63) is 56.2 Å². The quantitative estimate of drug-likeness (QED) is 0.655. The van der Waals surface area contributed by atoms with Crippen LogP contribution in [0.5, 0.6) is 11.5 Å². The number of hydrogen-bond donors (Lipinski definition) is 2. The summed E-state index contributed by atoms with van der Waals surface area (Å²) in [6, 6.07) is 7.78. The maximum absolute atomic E-state index is 12.7. The maximum Gasteiger partial charge on any atom is 0.235 e. The van der Waals surface area contributed by atoms with Crippen molar-refractivity contribution >= 4 is 34.2 Å². The number of phenolic OH excluding ortho intramolecular Hbond substituents is 1. The largest absolute Gasteiger partial charge is 0.507 e. The van der Waals surface area contributed by atoms with Gasteiger partial charge in [0.1, 0.15) is 11.3 Å². The molecule has 1 fully saturated rings. The third-order valence-corrected chi connectivity index (χ3v) is 5.71. The van der Waals surface area contributed by atoms with Crippen molar-refractivity contribution in [3.8, 4) is 22.8 Å². The van der Waals surface area contributed by atoms with Crippen molar-refractivity contribution in [2.24, 2.45) is 0 Å². The Morgan fingerprint density at radius 1 is 1.07 bits per heavy atom. The van der Waals surface area contributed by atoms with Crippen LogP contribution in [-0.2, 0) is 6.54 Å². The van der Waals surface area contributed by atoms with Crippen molar-refractivity contribution in [2.75, 3.05) is 13.1 Å². The van der Waals surface area contributed by atoms with E-state index >= 15 is 0 Å². The number of halogens is 2. The third kappa shape index (κ3) is 3.16. The van der Waals surface area contributed by atoms with Gasteiger partial charge < -0.3 is 14.6 Å². The Labute approximate surface area is 165 Å². The van der Waals surface area contributed by atoms with Crippen LogP contribution in [0, 0.1) is 0 Å². The lowest BCUT2D eigenvalue weighted by Gasteiger charge is -2.17. The molecular formula is C20H17Cl2NO4. The van der Waals surface area contributed by atoms with Crippen molar-refractivity contribution < 1.29 is 14.6 Å². The molecule has 1 aliphatic rings. The van der Waals surface area contributed by atoms with Crippen LogP contribution in [-0.4, -0.2) is 28.2 Å². The van der Waals surface area contributed by atoms with Gasteiger partial charge in [-0.2, -0.15) is 0 Å². The molecule has 3 aromatic rings. The minimum atomic E-state index is -0.579. The fourth-order valence-corrected chi connectivity index (χ4v) is 3.86. The summed E-state index contributed by atoms with van der Waals surface area (Å²) in [7, 11) is 0. The Morgan fingerprint density at radius 3 is 2.56 bits per heavy atom. The van der Waals surface area contributed by atoms with Crippen molar-refractivity contribution in [1.29, 1.82) is 0 Å². The van der Waals surface area contributed by atoms with Crippen LogP contribution in [0.2, 0.25) is 10.0 Å². The van der Waals surface area contributed by atoms with Gasteiger partial charge in [-0.05, 0) is 50.2 Å². The van der Waals surface area contributed by atoms with Crippen LogP contribution in [0.15, 0.2) is 39.5 Å². The summed E-state index contributed by atoms with van der Waals surface area (Å²) in [6.07, 6.45) is 2.19. The Kier molecular flexibility index (Phi) is 4.76. The normalized spacial score (nSPS) is 14.9. The van der Waals surface area contributed by atoms with Gasteiger partial charge in [0.25, 0.3) is 0 Å². The van der Waals surface area contributed by atoms with E-state index in [1.54, 1.807) is 18.2 Å². The molecule has 1 aliphatic heterocycles. The second-order valence-electron chi connectivity index (χ2n) is 6.63. The van der Waals surface area contributed by atoms with Gasteiger partial charge >= 0.3 is 0 Å². The lowest BCUT2D eigenvalue weighted by molar-refractivity contribution is 0.323. The highest BCUT2D eigenvalue weighted by Crippen LogP contribution is 2.39. The molecule has 0 aliphatic carbocycles. The van der Waals surface area contributed by atoms with E-state index in [0.717, 1.165) is 25.9 Å². The van der Waals surface area contributed by atoms with Gasteiger partial charge in [-0.15, -0.1) is 0 Å². The Morgan fingerprint density at radius 2 is 1.81 bits per heavy atom. The van der Waals surface area contributed by atoms with Gasteiger partial charge in [0.2, 0.25) is 11.2 Å². The number of rotatable bonds is 3. The van der Waals surface area contributed by atoms with Crippen LogP contribution < -0.4 is 5.43 Å². The lowest BCUT2D eigenvalue weighted by Crippen LogP contribution is -2.19. The van der Waals surface area contributed by atoms with Crippen LogP contribution in [0.25, 0.3) is 22.3 Å². The zero-order chi connectivity index (χ0) is 19.1. The molecule has 2 heterocycles. The SMILES string of the molecule is O=c1c(O)c(-c2cccc(Cl)c2Cl)oc2c(CN3CCCC3)c(O)ccc12. The van der Waals surface area contributed by atoms with Crippen LogP contribution in [0.3, 0.4) is 0 Å². The number of phenols is 1. The van der Waals surface area contributed by atoms with E-state index in [1.807, 2.05) is 0 Å². The number of likely N-dealkylation sites (tertiary alicyclic amines) is 1. The monoisotopic (exact) mass is 405 g/mol. The molecule has 0 saturated carbocycles. The standard InChI is InChI=1S/C20H17Cl2NO4/c21-14-5-3-4-11(16(14)22)20-18(26)17(25)12-6-7-15(24)13(19(12)27-20)10-23-8-1-2-9-23/h3-7,24,26H,1-2,8-10H2. The Hall–Kier alpha value is -2.21.